The highest BCUT2D eigenvalue weighted by atomic mass is 35.5. The lowest BCUT2D eigenvalue weighted by Crippen LogP contribution is -2.43. The molecule has 2 amide bonds. The number of benzene rings is 2. The first-order valence-corrected chi connectivity index (χ1v) is 7.19. The van der Waals surface area contributed by atoms with Gasteiger partial charge in [0.25, 0.3) is 5.91 Å². The number of ether oxygens (including phenoxy) is 1. The third-order valence-electron chi connectivity index (χ3n) is 3.31. The van der Waals surface area contributed by atoms with Crippen LogP contribution < -0.4 is 15.0 Å². The first-order chi connectivity index (χ1) is 11.0. The average Bonchev–Trinajstić information content (AvgIpc) is 2.54. The molecule has 0 bridgehead atoms. The van der Waals surface area contributed by atoms with Gasteiger partial charge in [0.1, 0.15) is 18.1 Å². The van der Waals surface area contributed by atoms with Crippen molar-refractivity contribution in [1.82, 2.24) is 0 Å². The second kappa shape index (κ2) is 6.26. The summed E-state index contributed by atoms with van der Waals surface area (Å²) in [6, 6.07) is 10.8. The second-order valence-corrected chi connectivity index (χ2v) is 5.32. The summed E-state index contributed by atoms with van der Waals surface area (Å²) in [5, 5.41) is 2.50. The lowest BCUT2D eigenvalue weighted by Gasteiger charge is -2.28. The number of nitrogens with zero attached hydrogens (tertiary/aromatic N) is 1. The number of nitrogens with one attached hydrogen (secondary N) is 1. The molecule has 0 fully saturated rings. The van der Waals surface area contributed by atoms with Gasteiger partial charge in [-0.2, -0.15) is 0 Å². The van der Waals surface area contributed by atoms with Crippen LogP contribution in [0.4, 0.5) is 15.8 Å². The number of para-hydroxylation sites is 2. The topological polar surface area (TPSA) is 58.6 Å². The molecule has 23 heavy (non-hydrogen) atoms. The van der Waals surface area contributed by atoms with E-state index >= 15 is 0 Å². The molecule has 1 aliphatic rings. The molecule has 0 saturated carbocycles. The van der Waals surface area contributed by atoms with Crippen LogP contribution in [-0.4, -0.2) is 25.0 Å². The van der Waals surface area contributed by atoms with Crippen LogP contribution in [0.3, 0.4) is 0 Å². The normalized spacial score (nSPS) is 13.3. The fourth-order valence-electron chi connectivity index (χ4n) is 2.25. The Morgan fingerprint density at radius 1 is 1.30 bits per heavy atom. The van der Waals surface area contributed by atoms with Crippen LogP contribution in [0.5, 0.6) is 5.75 Å². The van der Waals surface area contributed by atoms with Crippen molar-refractivity contribution in [2.75, 3.05) is 23.4 Å². The van der Waals surface area contributed by atoms with Crippen LogP contribution in [0, 0.1) is 5.82 Å². The van der Waals surface area contributed by atoms with E-state index in [1.54, 1.807) is 24.3 Å². The largest absolute Gasteiger partial charge is 0.482 e. The van der Waals surface area contributed by atoms with Gasteiger partial charge < -0.3 is 10.1 Å². The lowest BCUT2D eigenvalue weighted by atomic mass is 10.2. The summed E-state index contributed by atoms with van der Waals surface area (Å²) in [4.78, 5) is 25.5. The Balaban J connectivity index is 1.75. The minimum atomic E-state index is -0.568. The molecule has 7 heteroatoms. The van der Waals surface area contributed by atoms with Crippen molar-refractivity contribution in [1.29, 1.82) is 0 Å². The molecule has 5 nitrogen and oxygen atoms in total. The summed E-state index contributed by atoms with van der Waals surface area (Å²) in [6.07, 6.45) is 0. The summed E-state index contributed by atoms with van der Waals surface area (Å²) < 4.78 is 18.4. The molecule has 1 heterocycles. The molecule has 2 aromatic carbocycles. The molecule has 0 atom stereocenters. The summed E-state index contributed by atoms with van der Waals surface area (Å²) in [5.74, 6) is -0.750. The highest BCUT2D eigenvalue weighted by molar-refractivity contribution is 6.31. The van der Waals surface area contributed by atoms with Crippen molar-refractivity contribution in [3.05, 3.63) is 53.3 Å². The van der Waals surface area contributed by atoms with Crippen molar-refractivity contribution >= 4 is 34.8 Å². The maximum Gasteiger partial charge on any atom is 0.265 e. The van der Waals surface area contributed by atoms with Crippen molar-refractivity contribution in [3.63, 3.8) is 0 Å². The number of rotatable bonds is 3. The predicted molar refractivity (Wildman–Crippen MR) is 84.3 cm³/mol. The summed E-state index contributed by atoms with van der Waals surface area (Å²) >= 11 is 5.67. The molecule has 0 spiro atoms. The molecule has 0 radical (unpaired) electrons. The van der Waals surface area contributed by atoms with E-state index in [1.165, 1.54) is 17.0 Å². The van der Waals surface area contributed by atoms with E-state index < -0.39 is 11.7 Å². The number of fused-ring (bicyclic) bond motifs is 1. The van der Waals surface area contributed by atoms with E-state index in [1.807, 2.05) is 0 Å². The summed E-state index contributed by atoms with van der Waals surface area (Å²) in [6.45, 7) is -0.291. The van der Waals surface area contributed by atoms with Gasteiger partial charge >= 0.3 is 0 Å². The zero-order valence-electron chi connectivity index (χ0n) is 11.9. The number of hydrogen-bond donors (Lipinski definition) is 1. The van der Waals surface area contributed by atoms with Gasteiger partial charge in [0.2, 0.25) is 5.91 Å². The zero-order chi connectivity index (χ0) is 16.4. The standard InChI is InChI=1S/C16H12ClFN2O3/c17-11-7-10(5-6-12(11)18)19-15(21)8-20-13-3-1-2-4-14(13)23-9-16(20)22/h1-7H,8-9H2,(H,19,21). The summed E-state index contributed by atoms with van der Waals surface area (Å²) in [7, 11) is 0. The molecule has 0 aliphatic carbocycles. The van der Waals surface area contributed by atoms with E-state index in [4.69, 9.17) is 16.3 Å². The molecule has 3 rings (SSSR count). The monoisotopic (exact) mass is 334 g/mol. The predicted octanol–water partition coefficient (Wildman–Crippen LogP) is 2.84. The van der Waals surface area contributed by atoms with Gasteiger partial charge in [-0.25, -0.2) is 4.39 Å². The third kappa shape index (κ3) is 3.27. The van der Waals surface area contributed by atoms with Crippen molar-refractivity contribution < 1.29 is 18.7 Å². The highest BCUT2D eigenvalue weighted by Gasteiger charge is 2.26. The number of carbonyl (C=O) groups is 2. The lowest BCUT2D eigenvalue weighted by molar-refractivity contribution is -0.123. The molecule has 2 aromatic rings. The Kier molecular flexibility index (Phi) is 4.16. The van der Waals surface area contributed by atoms with E-state index in [-0.39, 0.29) is 24.1 Å². The van der Waals surface area contributed by atoms with Gasteiger partial charge in [0, 0.05) is 5.69 Å². The quantitative estimate of drug-likeness (QED) is 0.939. The van der Waals surface area contributed by atoms with E-state index in [0.29, 0.717) is 17.1 Å². The Bertz CT molecular complexity index is 782. The molecule has 1 aliphatic heterocycles. The summed E-state index contributed by atoms with van der Waals surface area (Å²) in [5.41, 5.74) is 0.895. The maximum atomic E-state index is 13.1. The van der Waals surface area contributed by atoms with E-state index in [9.17, 15) is 14.0 Å². The first-order valence-electron chi connectivity index (χ1n) is 6.81. The van der Waals surface area contributed by atoms with Crippen LogP contribution in [0.15, 0.2) is 42.5 Å². The van der Waals surface area contributed by atoms with Gasteiger partial charge in [-0.05, 0) is 30.3 Å². The van der Waals surface area contributed by atoms with Gasteiger partial charge in [0.05, 0.1) is 10.7 Å². The Morgan fingerprint density at radius 3 is 2.87 bits per heavy atom. The van der Waals surface area contributed by atoms with Gasteiger partial charge in [-0.15, -0.1) is 0 Å². The number of anilines is 2. The van der Waals surface area contributed by atoms with Gasteiger partial charge in [-0.3, -0.25) is 14.5 Å². The Morgan fingerprint density at radius 2 is 2.09 bits per heavy atom. The SMILES string of the molecule is O=C(CN1C(=O)COc2ccccc21)Nc1ccc(F)c(Cl)c1. The van der Waals surface area contributed by atoms with Crippen LogP contribution in [0.25, 0.3) is 0 Å². The second-order valence-electron chi connectivity index (χ2n) is 4.91. The first kappa shape index (κ1) is 15.3. The molecule has 0 aromatic heterocycles. The van der Waals surface area contributed by atoms with E-state index in [0.717, 1.165) is 6.07 Å². The third-order valence-corrected chi connectivity index (χ3v) is 3.60. The van der Waals surface area contributed by atoms with Gasteiger partial charge in [0.15, 0.2) is 6.61 Å². The Labute approximate surface area is 136 Å². The van der Waals surface area contributed by atoms with Crippen LogP contribution in [0.1, 0.15) is 0 Å². The molecule has 118 valence electrons. The minimum absolute atomic E-state index is 0.0874. The zero-order valence-corrected chi connectivity index (χ0v) is 12.6. The molecular weight excluding hydrogens is 323 g/mol. The number of amides is 2. The smallest absolute Gasteiger partial charge is 0.265 e. The number of carbonyl (C=O) groups excluding carboxylic acids is 2. The van der Waals surface area contributed by atoms with Crippen LogP contribution in [-0.2, 0) is 9.59 Å². The van der Waals surface area contributed by atoms with E-state index in [2.05, 4.69) is 5.32 Å². The molecular formula is C16H12ClFN2O3. The Hall–Kier alpha value is -2.60. The fourth-order valence-corrected chi connectivity index (χ4v) is 2.43. The number of halogens is 2. The molecule has 0 unspecified atom stereocenters. The van der Waals surface area contributed by atoms with Crippen molar-refractivity contribution in [2.24, 2.45) is 0 Å². The number of hydrogen-bond acceptors (Lipinski definition) is 3. The van der Waals surface area contributed by atoms with Crippen molar-refractivity contribution in [2.45, 2.75) is 0 Å². The minimum Gasteiger partial charge on any atom is -0.482 e. The highest BCUT2D eigenvalue weighted by Crippen LogP contribution is 2.31. The molecule has 0 saturated heterocycles. The average molecular weight is 335 g/mol. The van der Waals surface area contributed by atoms with Crippen LogP contribution >= 0.6 is 11.6 Å². The van der Waals surface area contributed by atoms with Gasteiger partial charge in [-0.1, -0.05) is 23.7 Å². The van der Waals surface area contributed by atoms with Crippen molar-refractivity contribution in [3.8, 4) is 5.75 Å². The maximum absolute atomic E-state index is 13.1. The molecule has 1 N–H and O–H groups in total. The van der Waals surface area contributed by atoms with Crippen LogP contribution in [0.2, 0.25) is 5.02 Å². The fraction of sp³-hybridized carbons (Fsp3) is 0.125.